The molecular weight excluding hydrogens is 600 g/mol. The van der Waals surface area contributed by atoms with E-state index in [4.69, 9.17) is 4.74 Å². The zero-order valence-corrected chi connectivity index (χ0v) is 28.3. The first kappa shape index (κ1) is 33.2. The lowest BCUT2D eigenvalue weighted by molar-refractivity contribution is -0.0257. The molecule has 1 saturated heterocycles. The van der Waals surface area contributed by atoms with Gasteiger partial charge < -0.3 is 15.0 Å². The number of aryl methyl sites for hydroxylation is 1. The van der Waals surface area contributed by atoms with E-state index >= 15 is 0 Å². The summed E-state index contributed by atoms with van der Waals surface area (Å²) in [6.45, 7) is 16.3. The summed E-state index contributed by atoms with van der Waals surface area (Å²) < 4.78 is 20.8. The second-order valence-electron chi connectivity index (χ2n) is 12.5. The summed E-state index contributed by atoms with van der Waals surface area (Å²) in [6.07, 6.45) is 7.98. The SMILES string of the molecule is C=C1CC(NC(=O)/N=C2\SCCCN2c2cc(C)ccc2C(C)C)C/C1=C/C(=C\C)c1ncn(-c2ccc(OC(C)(C)F)cc2)n1. The number of amides is 2. The third-order valence-electron chi connectivity index (χ3n) is 7.88. The van der Waals surface area contributed by atoms with Crippen LogP contribution < -0.4 is 15.0 Å². The van der Waals surface area contributed by atoms with Gasteiger partial charge in [0, 0.05) is 43.4 Å². The van der Waals surface area contributed by atoms with Crippen LogP contribution in [0.15, 0.2) is 83.7 Å². The standard InChI is InChI=1S/C36H43FN6O2S/c1-8-26(33-38-22-43(41-33)29-11-13-30(14-12-29)45-36(6,7)37)20-27-21-28(19-25(27)5)39-34(44)40-35-42(16-9-17-46-35)32-18-24(4)10-15-31(32)23(2)3/h8,10-15,18,20,22-23,28H,5,9,16-17,19,21H2,1-4,6-7H3,(H,39,44)/b26-8+,27-20-,40-35-. The number of benzene rings is 2. The number of aromatic nitrogens is 3. The van der Waals surface area contributed by atoms with E-state index in [1.165, 1.54) is 25.0 Å². The molecule has 2 aromatic carbocycles. The Kier molecular flexibility index (Phi) is 10.2. The summed E-state index contributed by atoms with van der Waals surface area (Å²) in [5, 5.41) is 8.53. The third kappa shape index (κ3) is 8.15. The van der Waals surface area contributed by atoms with Gasteiger partial charge in [-0.3, -0.25) is 0 Å². The molecule has 0 radical (unpaired) electrons. The normalized spacial score (nSPS) is 19.4. The summed E-state index contributed by atoms with van der Waals surface area (Å²) in [5.41, 5.74) is 7.23. The molecular formula is C36H43FN6O2S. The topological polar surface area (TPSA) is 84.6 Å². The largest absolute Gasteiger partial charge is 0.459 e. The van der Waals surface area contributed by atoms with Gasteiger partial charge in [0.25, 0.3) is 0 Å². The number of carbonyl (C=O) groups excluding carboxylic acids is 1. The number of anilines is 1. The van der Waals surface area contributed by atoms with Gasteiger partial charge in [-0.15, -0.1) is 5.10 Å². The van der Waals surface area contributed by atoms with Crippen molar-refractivity contribution in [3.63, 3.8) is 0 Å². The van der Waals surface area contributed by atoms with Gasteiger partial charge in [0.15, 0.2) is 11.0 Å². The van der Waals surface area contributed by atoms with Crippen LogP contribution in [0.1, 0.15) is 76.8 Å². The van der Waals surface area contributed by atoms with Gasteiger partial charge in [-0.05, 0) is 97.7 Å². The van der Waals surface area contributed by atoms with Gasteiger partial charge in [0.2, 0.25) is 5.85 Å². The number of hydrogen-bond donors (Lipinski definition) is 1. The maximum atomic E-state index is 13.8. The molecule has 0 bridgehead atoms. The van der Waals surface area contributed by atoms with Crippen molar-refractivity contribution in [2.45, 2.75) is 78.6 Å². The first-order valence-electron chi connectivity index (χ1n) is 15.8. The monoisotopic (exact) mass is 642 g/mol. The maximum Gasteiger partial charge on any atom is 0.343 e. The number of ether oxygens (including phenoxy) is 1. The zero-order chi connectivity index (χ0) is 33.0. The highest BCUT2D eigenvalue weighted by molar-refractivity contribution is 8.14. The van der Waals surface area contributed by atoms with Crippen LogP contribution in [0.2, 0.25) is 0 Å². The van der Waals surface area contributed by atoms with E-state index in [0.29, 0.717) is 30.3 Å². The van der Waals surface area contributed by atoms with Crippen molar-refractivity contribution in [1.29, 1.82) is 0 Å². The number of thioether (sulfide) groups is 1. The van der Waals surface area contributed by atoms with Crippen molar-refractivity contribution in [2.24, 2.45) is 4.99 Å². The van der Waals surface area contributed by atoms with Crippen molar-refractivity contribution in [3.05, 3.63) is 95.6 Å². The number of urea groups is 1. The summed E-state index contributed by atoms with van der Waals surface area (Å²) in [4.78, 5) is 24.5. The molecule has 1 aliphatic heterocycles. The van der Waals surface area contributed by atoms with E-state index in [1.54, 1.807) is 47.0 Å². The lowest BCUT2D eigenvalue weighted by Crippen LogP contribution is -2.38. The number of allylic oxidation sites excluding steroid dienone is 3. The van der Waals surface area contributed by atoms with E-state index in [-0.39, 0.29) is 12.1 Å². The van der Waals surface area contributed by atoms with Crippen LogP contribution in [0.5, 0.6) is 5.75 Å². The number of halogens is 1. The fourth-order valence-corrected chi connectivity index (χ4v) is 6.60. The maximum absolute atomic E-state index is 13.8. The Hall–Kier alpha value is -4.18. The molecule has 1 atom stereocenters. The van der Waals surface area contributed by atoms with Crippen molar-refractivity contribution in [2.75, 3.05) is 17.2 Å². The van der Waals surface area contributed by atoms with Crippen LogP contribution in [0, 0.1) is 6.92 Å². The third-order valence-corrected chi connectivity index (χ3v) is 8.94. The molecule has 1 N–H and O–H groups in total. The van der Waals surface area contributed by atoms with E-state index in [1.807, 2.05) is 19.1 Å². The van der Waals surface area contributed by atoms with Gasteiger partial charge in [0.05, 0.1) is 5.69 Å². The average molecular weight is 643 g/mol. The van der Waals surface area contributed by atoms with Gasteiger partial charge in [-0.25, -0.2) is 14.5 Å². The van der Waals surface area contributed by atoms with Crippen LogP contribution in [-0.4, -0.2) is 50.2 Å². The fourth-order valence-electron chi connectivity index (χ4n) is 5.65. The van der Waals surface area contributed by atoms with Crippen molar-refractivity contribution in [1.82, 2.24) is 20.1 Å². The molecule has 242 valence electrons. The number of hydrogen-bond acceptors (Lipinski definition) is 5. The molecule has 10 heteroatoms. The Morgan fingerprint density at radius 3 is 2.67 bits per heavy atom. The molecule has 2 heterocycles. The van der Waals surface area contributed by atoms with E-state index in [9.17, 15) is 9.18 Å². The van der Waals surface area contributed by atoms with Crippen LogP contribution in [-0.2, 0) is 0 Å². The second-order valence-corrected chi connectivity index (χ2v) is 13.6. The summed E-state index contributed by atoms with van der Waals surface area (Å²) in [7, 11) is 0. The van der Waals surface area contributed by atoms with E-state index in [2.05, 4.69) is 70.8 Å². The Bertz CT molecular complexity index is 1680. The Morgan fingerprint density at radius 2 is 1.98 bits per heavy atom. The minimum absolute atomic E-state index is 0.0958. The first-order valence-corrected chi connectivity index (χ1v) is 16.7. The summed E-state index contributed by atoms with van der Waals surface area (Å²) in [5.74, 6) is 0.542. The predicted octanol–water partition coefficient (Wildman–Crippen LogP) is 8.54. The number of amidine groups is 1. The number of alkyl halides is 1. The summed E-state index contributed by atoms with van der Waals surface area (Å²) >= 11 is 1.63. The molecule has 0 spiro atoms. The molecule has 1 saturated carbocycles. The molecule has 8 nitrogen and oxygen atoms in total. The number of nitrogens with one attached hydrogen (secondary N) is 1. The highest BCUT2D eigenvalue weighted by Gasteiger charge is 2.27. The number of rotatable bonds is 8. The van der Waals surface area contributed by atoms with E-state index in [0.717, 1.165) is 52.0 Å². The zero-order valence-electron chi connectivity index (χ0n) is 27.5. The molecule has 2 fully saturated rings. The van der Waals surface area contributed by atoms with Crippen LogP contribution in [0.3, 0.4) is 0 Å². The van der Waals surface area contributed by atoms with Gasteiger partial charge >= 0.3 is 6.03 Å². The van der Waals surface area contributed by atoms with Gasteiger partial charge in [-0.1, -0.05) is 50.4 Å². The molecule has 46 heavy (non-hydrogen) atoms. The molecule has 1 aromatic heterocycles. The predicted molar refractivity (Wildman–Crippen MR) is 187 cm³/mol. The highest BCUT2D eigenvalue weighted by Crippen LogP contribution is 2.34. The summed E-state index contributed by atoms with van der Waals surface area (Å²) in [6, 6.07) is 13.1. The van der Waals surface area contributed by atoms with Crippen LogP contribution in [0.4, 0.5) is 14.9 Å². The Balaban J connectivity index is 1.26. The molecule has 5 rings (SSSR count). The van der Waals surface area contributed by atoms with Crippen molar-refractivity contribution < 1.29 is 13.9 Å². The number of nitrogens with zero attached hydrogens (tertiary/aromatic N) is 5. The Labute approximate surface area is 275 Å². The first-order chi connectivity index (χ1) is 21.9. The lowest BCUT2D eigenvalue weighted by atomic mass is 9.98. The van der Waals surface area contributed by atoms with Gasteiger partial charge in [-0.2, -0.15) is 9.38 Å². The molecule has 2 aliphatic rings. The quantitative estimate of drug-likeness (QED) is 0.265. The van der Waals surface area contributed by atoms with Crippen molar-refractivity contribution >= 4 is 34.2 Å². The molecule has 2 amide bonds. The Morgan fingerprint density at radius 1 is 1.22 bits per heavy atom. The van der Waals surface area contributed by atoms with Crippen molar-refractivity contribution in [3.8, 4) is 11.4 Å². The average Bonchev–Trinajstić information content (AvgIpc) is 3.62. The van der Waals surface area contributed by atoms with Crippen LogP contribution >= 0.6 is 11.8 Å². The number of aliphatic imine (C=N–C) groups is 1. The molecule has 1 unspecified atom stereocenters. The molecule has 3 aromatic rings. The number of carbonyl (C=O) groups is 1. The fraction of sp³-hybridized carbons (Fsp3) is 0.389. The minimum Gasteiger partial charge on any atom is -0.459 e. The minimum atomic E-state index is -1.76. The highest BCUT2D eigenvalue weighted by atomic mass is 32.2. The van der Waals surface area contributed by atoms with E-state index < -0.39 is 5.85 Å². The lowest BCUT2D eigenvalue weighted by Gasteiger charge is -2.32. The van der Waals surface area contributed by atoms with Gasteiger partial charge in [0.1, 0.15) is 12.1 Å². The second kappa shape index (κ2) is 14.1. The molecule has 1 aliphatic carbocycles. The smallest absolute Gasteiger partial charge is 0.343 e. The van der Waals surface area contributed by atoms with Crippen LogP contribution in [0.25, 0.3) is 11.3 Å².